The molecular weight excluding hydrogens is 402 g/mol. The number of likely N-dealkylation sites (N-methyl/N-ethyl adjacent to an activating group) is 1. The van der Waals surface area contributed by atoms with E-state index in [2.05, 4.69) is 55.3 Å². The standard InChI is InChI=1S/C24H33N7O/c1-28-17-22(32)31(20-8-9-25-14-20)16-21-23(28)26-18-27-24(21)30-11-5-10-29(12-13-30)15-19-6-3-2-4-7-19/h2-4,6-7,18,20,25H,5,8-17H2,1H3. The maximum Gasteiger partial charge on any atom is 0.242 e. The van der Waals surface area contributed by atoms with Crippen molar-refractivity contribution in [3.63, 3.8) is 0 Å². The van der Waals surface area contributed by atoms with Gasteiger partial charge in [0.15, 0.2) is 0 Å². The number of rotatable bonds is 4. The van der Waals surface area contributed by atoms with E-state index in [1.807, 2.05) is 11.9 Å². The maximum absolute atomic E-state index is 13.0. The van der Waals surface area contributed by atoms with E-state index in [0.717, 1.165) is 75.9 Å². The molecule has 1 aromatic carbocycles. The Labute approximate surface area is 190 Å². The van der Waals surface area contributed by atoms with Crippen LogP contribution < -0.4 is 15.1 Å². The van der Waals surface area contributed by atoms with Gasteiger partial charge in [0.25, 0.3) is 0 Å². The molecule has 2 fully saturated rings. The normalized spacial score (nSPS) is 22.6. The van der Waals surface area contributed by atoms with Crippen LogP contribution in [-0.4, -0.2) is 84.6 Å². The molecule has 3 aliphatic heterocycles. The van der Waals surface area contributed by atoms with Crippen LogP contribution >= 0.6 is 0 Å². The van der Waals surface area contributed by atoms with Crippen LogP contribution in [0.2, 0.25) is 0 Å². The van der Waals surface area contributed by atoms with Crippen LogP contribution in [0.25, 0.3) is 0 Å². The van der Waals surface area contributed by atoms with E-state index in [-0.39, 0.29) is 11.9 Å². The van der Waals surface area contributed by atoms with Crippen molar-refractivity contribution in [2.75, 3.05) is 62.7 Å². The third-order valence-corrected chi connectivity index (χ3v) is 6.89. The molecule has 1 aromatic heterocycles. The highest BCUT2D eigenvalue weighted by molar-refractivity contribution is 5.84. The van der Waals surface area contributed by atoms with Crippen molar-refractivity contribution in [2.24, 2.45) is 0 Å². The van der Waals surface area contributed by atoms with Gasteiger partial charge in [-0.05, 0) is 24.9 Å². The largest absolute Gasteiger partial charge is 0.355 e. The second kappa shape index (κ2) is 9.42. The third kappa shape index (κ3) is 4.42. The summed E-state index contributed by atoms with van der Waals surface area (Å²) in [5.41, 5.74) is 2.45. The molecule has 0 radical (unpaired) electrons. The first kappa shape index (κ1) is 21.2. The van der Waals surface area contributed by atoms with Gasteiger partial charge in [0, 0.05) is 52.4 Å². The Hall–Kier alpha value is -2.71. The summed E-state index contributed by atoms with van der Waals surface area (Å²) in [6.07, 6.45) is 3.76. The molecule has 2 aromatic rings. The van der Waals surface area contributed by atoms with Crippen LogP contribution in [0.1, 0.15) is 24.0 Å². The molecule has 4 heterocycles. The molecular formula is C24H33N7O. The minimum Gasteiger partial charge on any atom is -0.355 e. The van der Waals surface area contributed by atoms with Gasteiger partial charge in [-0.3, -0.25) is 9.69 Å². The third-order valence-electron chi connectivity index (χ3n) is 6.89. The van der Waals surface area contributed by atoms with Crippen molar-refractivity contribution in [1.82, 2.24) is 25.1 Å². The van der Waals surface area contributed by atoms with Gasteiger partial charge in [-0.25, -0.2) is 9.97 Å². The molecule has 1 atom stereocenters. The molecule has 0 saturated carbocycles. The van der Waals surface area contributed by atoms with Gasteiger partial charge in [0.1, 0.15) is 18.0 Å². The first-order valence-electron chi connectivity index (χ1n) is 11.8. The SMILES string of the molecule is CN1CC(=O)N(C2CCNC2)Cc2c1ncnc2N1CCCN(Cc2ccccc2)CC1. The highest BCUT2D eigenvalue weighted by Crippen LogP contribution is 2.31. The predicted octanol–water partition coefficient (Wildman–Crippen LogP) is 1.33. The molecule has 0 spiro atoms. The number of aromatic nitrogens is 2. The van der Waals surface area contributed by atoms with Crippen LogP contribution in [0, 0.1) is 0 Å². The van der Waals surface area contributed by atoms with Crippen molar-refractivity contribution < 1.29 is 4.79 Å². The molecule has 0 bridgehead atoms. The second-order valence-electron chi connectivity index (χ2n) is 9.13. The number of carbonyl (C=O) groups is 1. The van der Waals surface area contributed by atoms with Gasteiger partial charge in [0.05, 0.1) is 18.7 Å². The molecule has 1 unspecified atom stereocenters. The van der Waals surface area contributed by atoms with E-state index in [0.29, 0.717) is 13.1 Å². The van der Waals surface area contributed by atoms with Gasteiger partial charge < -0.3 is 20.0 Å². The molecule has 170 valence electrons. The average molecular weight is 436 g/mol. The summed E-state index contributed by atoms with van der Waals surface area (Å²) in [4.78, 5) is 31.3. The van der Waals surface area contributed by atoms with E-state index in [1.54, 1.807) is 6.33 Å². The van der Waals surface area contributed by atoms with E-state index < -0.39 is 0 Å². The molecule has 8 heteroatoms. The molecule has 0 aliphatic carbocycles. The smallest absolute Gasteiger partial charge is 0.242 e. The van der Waals surface area contributed by atoms with E-state index in [1.165, 1.54) is 5.56 Å². The summed E-state index contributed by atoms with van der Waals surface area (Å²) in [5.74, 6) is 2.06. The van der Waals surface area contributed by atoms with Crippen molar-refractivity contribution in [2.45, 2.75) is 32.0 Å². The van der Waals surface area contributed by atoms with Crippen LogP contribution in [0.15, 0.2) is 36.7 Å². The van der Waals surface area contributed by atoms with Crippen molar-refractivity contribution in [3.05, 3.63) is 47.8 Å². The molecule has 3 aliphatic rings. The number of fused-ring (bicyclic) bond motifs is 1. The quantitative estimate of drug-likeness (QED) is 0.777. The molecule has 2 saturated heterocycles. The molecule has 1 amide bonds. The Morgan fingerprint density at radius 2 is 1.88 bits per heavy atom. The Morgan fingerprint density at radius 1 is 1.03 bits per heavy atom. The summed E-state index contributed by atoms with van der Waals surface area (Å²) in [6.45, 7) is 7.75. The van der Waals surface area contributed by atoms with E-state index >= 15 is 0 Å². The lowest BCUT2D eigenvalue weighted by Gasteiger charge is -2.29. The Balaban J connectivity index is 1.36. The fraction of sp³-hybridized carbons (Fsp3) is 0.542. The fourth-order valence-corrected chi connectivity index (χ4v) is 5.18. The highest BCUT2D eigenvalue weighted by atomic mass is 16.2. The van der Waals surface area contributed by atoms with Crippen molar-refractivity contribution >= 4 is 17.5 Å². The van der Waals surface area contributed by atoms with Crippen LogP contribution in [0.4, 0.5) is 11.6 Å². The number of carbonyl (C=O) groups excluding carboxylic acids is 1. The zero-order chi connectivity index (χ0) is 21.9. The first-order chi connectivity index (χ1) is 15.7. The first-order valence-corrected chi connectivity index (χ1v) is 11.8. The summed E-state index contributed by atoms with van der Waals surface area (Å²) in [7, 11) is 1.97. The zero-order valence-corrected chi connectivity index (χ0v) is 18.9. The maximum atomic E-state index is 13.0. The number of amides is 1. The van der Waals surface area contributed by atoms with Crippen LogP contribution in [0.3, 0.4) is 0 Å². The number of anilines is 2. The summed E-state index contributed by atoms with van der Waals surface area (Å²) >= 11 is 0. The number of hydrogen-bond donors (Lipinski definition) is 1. The van der Waals surface area contributed by atoms with Gasteiger partial charge >= 0.3 is 0 Å². The number of benzene rings is 1. The Kier molecular flexibility index (Phi) is 6.23. The Bertz CT molecular complexity index is 931. The zero-order valence-electron chi connectivity index (χ0n) is 18.9. The minimum absolute atomic E-state index is 0.176. The summed E-state index contributed by atoms with van der Waals surface area (Å²) in [6, 6.07) is 10.9. The fourth-order valence-electron chi connectivity index (χ4n) is 5.18. The summed E-state index contributed by atoms with van der Waals surface area (Å²) < 4.78 is 0. The van der Waals surface area contributed by atoms with Crippen LogP contribution in [-0.2, 0) is 17.9 Å². The summed E-state index contributed by atoms with van der Waals surface area (Å²) in [5, 5.41) is 3.40. The molecule has 5 rings (SSSR count). The highest BCUT2D eigenvalue weighted by Gasteiger charge is 2.34. The number of nitrogens with zero attached hydrogens (tertiary/aromatic N) is 6. The lowest BCUT2D eigenvalue weighted by Crippen LogP contribution is -2.43. The van der Waals surface area contributed by atoms with Crippen molar-refractivity contribution in [1.29, 1.82) is 0 Å². The van der Waals surface area contributed by atoms with E-state index in [4.69, 9.17) is 4.98 Å². The average Bonchev–Trinajstić information content (AvgIpc) is 3.19. The molecule has 8 nitrogen and oxygen atoms in total. The lowest BCUT2D eigenvalue weighted by atomic mass is 10.1. The minimum atomic E-state index is 0.176. The van der Waals surface area contributed by atoms with Crippen LogP contribution in [0.5, 0.6) is 0 Å². The second-order valence-corrected chi connectivity index (χ2v) is 9.13. The van der Waals surface area contributed by atoms with Gasteiger partial charge in [-0.1, -0.05) is 30.3 Å². The van der Waals surface area contributed by atoms with Crippen molar-refractivity contribution in [3.8, 4) is 0 Å². The topological polar surface area (TPSA) is 67.8 Å². The molecule has 1 N–H and O–H groups in total. The monoisotopic (exact) mass is 435 g/mol. The van der Waals surface area contributed by atoms with Gasteiger partial charge in [-0.15, -0.1) is 0 Å². The molecule has 32 heavy (non-hydrogen) atoms. The van der Waals surface area contributed by atoms with Gasteiger partial charge in [0.2, 0.25) is 5.91 Å². The predicted molar refractivity (Wildman–Crippen MR) is 126 cm³/mol. The van der Waals surface area contributed by atoms with Gasteiger partial charge in [-0.2, -0.15) is 0 Å². The lowest BCUT2D eigenvalue weighted by molar-refractivity contribution is -0.132. The number of hydrogen-bond acceptors (Lipinski definition) is 7. The Morgan fingerprint density at radius 3 is 2.69 bits per heavy atom. The number of nitrogens with one attached hydrogen (secondary N) is 1. The van der Waals surface area contributed by atoms with E-state index in [9.17, 15) is 4.79 Å².